The van der Waals surface area contributed by atoms with Crippen molar-refractivity contribution in [3.05, 3.63) is 33.5 Å². The molecule has 4 nitrogen and oxygen atoms in total. The Balaban J connectivity index is 1.71. The molecule has 0 aliphatic heterocycles. The molecule has 3 rings (SSSR count). The van der Waals surface area contributed by atoms with Crippen molar-refractivity contribution in [3.63, 3.8) is 0 Å². The number of hydrogen-bond donors (Lipinski definition) is 1. The SMILES string of the molecule is Cc1cnc(CNC2CCCc3c2cnn3C)s1. The third kappa shape index (κ3) is 2.20. The highest BCUT2D eigenvalue weighted by molar-refractivity contribution is 7.11. The third-order valence-corrected chi connectivity index (χ3v) is 4.46. The highest BCUT2D eigenvalue weighted by atomic mass is 32.1. The van der Waals surface area contributed by atoms with E-state index in [4.69, 9.17) is 0 Å². The van der Waals surface area contributed by atoms with Crippen LogP contribution in [0.15, 0.2) is 12.4 Å². The fraction of sp³-hybridized carbons (Fsp3) is 0.538. The lowest BCUT2D eigenvalue weighted by Gasteiger charge is -2.23. The summed E-state index contributed by atoms with van der Waals surface area (Å²) < 4.78 is 2.01. The van der Waals surface area contributed by atoms with Gasteiger partial charge in [0.25, 0.3) is 0 Å². The van der Waals surface area contributed by atoms with Crippen molar-refractivity contribution in [2.75, 3.05) is 0 Å². The summed E-state index contributed by atoms with van der Waals surface area (Å²) in [7, 11) is 2.03. The van der Waals surface area contributed by atoms with Crippen molar-refractivity contribution in [2.24, 2.45) is 7.05 Å². The van der Waals surface area contributed by atoms with Crippen LogP contribution in [0, 0.1) is 6.92 Å². The highest BCUT2D eigenvalue weighted by Gasteiger charge is 2.22. The Morgan fingerprint density at radius 3 is 3.17 bits per heavy atom. The predicted molar refractivity (Wildman–Crippen MR) is 72.6 cm³/mol. The van der Waals surface area contributed by atoms with Crippen molar-refractivity contribution in [1.29, 1.82) is 0 Å². The van der Waals surface area contributed by atoms with Crippen LogP contribution < -0.4 is 5.32 Å². The van der Waals surface area contributed by atoms with Crippen LogP contribution in [-0.2, 0) is 20.0 Å². The zero-order valence-corrected chi connectivity index (χ0v) is 11.6. The van der Waals surface area contributed by atoms with E-state index in [1.165, 1.54) is 34.0 Å². The summed E-state index contributed by atoms with van der Waals surface area (Å²) in [5.41, 5.74) is 2.76. The van der Waals surface area contributed by atoms with Gasteiger partial charge in [0, 0.05) is 42.0 Å². The van der Waals surface area contributed by atoms with Crippen molar-refractivity contribution in [1.82, 2.24) is 20.1 Å². The van der Waals surface area contributed by atoms with Gasteiger partial charge < -0.3 is 5.32 Å². The van der Waals surface area contributed by atoms with Gasteiger partial charge in [-0.2, -0.15) is 5.10 Å². The van der Waals surface area contributed by atoms with Crippen LogP contribution in [0.25, 0.3) is 0 Å². The maximum Gasteiger partial charge on any atom is 0.107 e. The summed E-state index contributed by atoms with van der Waals surface area (Å²) in [5, 5.41) is 9.16. The second-order valence-corrected chi connectivity index (χ2v) is 6.18. The number of hydrogen-bond acceptors (Lipinski definition) is 4. The van der Waals surface area contributed by atoms with E-state index in [2.05, 4.69) is 22.3 Å². The van der Waals surface area contributed by atoms with Crippen LogP contribution in [0.5, 0.6) is 0 Å². The molecule has 0 spiro atoms. The minimum Gasteiger partial charge on any atom is -0.303 e. The summed E-state index contributed by atoms with van der Waals surface area (Å²) in [4.78, 5) is 5.67. The van der Waals surface area contributed by atoms with E-state index in [0.29, 0.717) is 6.04 Å². The normalized spacial score (nSPS) is 18.9. The van der Waals surface area contributed by atoms with Crippen molar-refractivity contribution in [3.8, 4) is 0 Å². The molecule has 0 fully saturated rings. The molecule has 2 aromatic heterocycles. The molecule has 2 aromatic rings. The molecule has 0 radical (unpaired) electrons. The summed E-state index contributed by atoms with van der Waals surface area (Å²) in [5.74, 6) is 0. The number of thiazole rings is 1. The predicted octanol–water partition coefficient (Wildman–Crippen LogP) is 2.35. The standard InChI is InChI=1S/C13H18N4S/c1-9-6-15-13(18-9)8-14-11-4-3-5-12-10(11)7-16-17(12)2/h6-7,11,14H,3-5,8H2,1-2H3. The molecular formula is C13H18N4S. The first-order valence-electron chi connectivity index (χ1n) is 6.39. The van der Waals surface area contributed by atoms with Crippen LogP contribution in [0.3, 0.4) is 0 Å². The van der Waals surface area contributed by atoms with E-state index in [-0.39, 0.29) is 0 Å². The number of rotatable bonds is 3. The van der Waals surface area contributed by atoms with Gasteiger partial charge in [-0.3, -0.25) is 4.68 Å². The number of aromatic nitrogens is 3. The van der Waals surface area contributed by atoms with Gasteiger partial charge in [-0.1, -0.05) is 0 Å². The molecule has 5 heteroatoms. The molecule has 2 heterocycles. The van der Waals surface area contributed by atoms with Gasteiger partial charge in [0.1, 0.15) is 5.01 Å². The zero-order valence-electron chi connectivity index (χ0n) is 10.8. The molecule has 1 unspecified atom stereocenters. The molecule has 0 saturated heterocycles. The molecule has 1 aliphatic carbocycles. The fourth-order valence-corrected chi connectivity index (χ4v) is 3.35. The van der Waals surface area contributed by atoms with E-state index in [1.54, 1.807) is 11.3 Å². The topological polar surface area (TPSA) is 42.7 Å². The number of fused-ring (bicyclic) bond motifs is 1. The maximum absolute atomic E-state index is 4.40. The van der Waals surface area contributed by atoms with Crippen LogP contribution >= 0.6 is 11.3 Å². The second kappa shape index (κ2) is 4.82. The van der Waals surface area contributed by atoms with E-state index >= 15 is 0 Å². The fourth-order valence-electron chi connectivity index (χ4n) is 2.61. The monoisotopic (exact) mass is 262 g/mol. The Morgan fingerprint density at radius 1 is 1.50 bits per heavy atom. The zero-order chi connectivity index (χ0) is 12.5. The van der Waals surface area contributed by atoms with Gasteiger partial charge in [-0.15, -0.1) is 11.3 Å². The van der Waals surface area contributed by atoms with Crippen LogP contribution in [0.2, 0.25) is 0 Å². The molecular weight excluding hydrogens is 244 g/mol. The number of nitrogens with zero attached hydrogens (tertiary/aromatic N) is 3. The summed E-state index contributed by atoms with van der Waals surface area (Å²) in [6.45, 7) is 2.96. The average molecular weight is 262 g/mol. The number of aryl methyl sites for hydroxylation is 2. The molecule has 0 bridgehead atoms. The smallest absolute Gasteiger partial charge is 0.107 e. The second-order valence-electron chi connectivity index (χ2n) is 4.86. The van der Waals surface area contributed by atoms with Gasteiger partial charge in [-0.25, -0.2) is 4.98 Å². The van der Waals surface area contributed by atoms with Gasteiger partial charge in [-0.05, 0) is 26.2 Å². The van der Waals surface area contributed by atoms with E-state index in [9.17, 15) is 0 Å². The molecule has 0 amide bonds. The molecule has 18 heavy (non-hydrogen) atoms. The van der Waals surface area contributed by atoms with Gasteiger partial charge >= 0.3 is 0 Å². The average Bonchev–Trinajstić information content (AvgIpc) is 2.94. The molecule has 96 valence electrons. The minimum atomic E-state index is 0.437. The molecule has 1 atom stereocenters. The highest BCUT2D eigenvalue weighted by Crippen LogP contribution is 2.29. The molecule has 1 aliphatic rings. The Bertz CT molecular complexity index is 543. The Kier molecular flexibility index (Phi) is 3.18. The van der Waals surface area contributed by atoms with Gasteiger partial charge in [0.15, 0.2) is 0 Å². The molecule has 0 aromatic carbocycles. The lowest BCUT2D eigenvalue weighted by Crippen LogP contribution is -2.24. The summed E-state index contributed by atoms with van der Waals surface area (Å²) in [6.07, 6.45) is 7.54. The van der Waals surface area contributed by atoms with Gasteiger partial charge in [0.05, 0.1) is 6.20 Å². The van der Waals surface area contributed by atoms with Crippen molar-refractivity contribution < 1.29 is 0 Å². The minimum absolute atomic E-state index is 0.437. The Labute approximate surface area is 111 Å². The van der Waals surface area contributed by atoms with Gasteiger partial charge in [0.2, 0.25) is 0 Å². The van der Waals surface area contributed by atoms with Crippen LogP contribution in [-0.4, -0.2) is 14.8 Å². The number of nitrogens with one attached hydrogen (secondary N) is 1. The maximum atomic E-state index is 4.40. The molecule has 1 N–H and O–H groups in total. The van der Waals surface area contributed by atoms with Crippen LogP contribution in [0.4, 0.5) is 0 Å². The lowest BCUT2D eigenvalue weighted by atomic mass is 9.93. The first kappa shape index (κ1) is 11.9. The lowest BCUT2D eigenvalue weighted by molar-refractivity contribution is 0.451. The Hall–Kier alpha value is -1.20. The quantitative estimate of drug-likeness (QED) is 0.923. The van der Waals surface area contributed by atoms with E-state index < -0.39 is 0 Å². The largest absolute Gasteiger partial charge is 0.303 e. The first-order valence-corrected chi connectivity index (χ1v) is 7.21. The van der Waals surface area contributed by atoms with E-state index in [1.807, 2.05) is 24.1 Å². The van der Waals surface area contributed by atoms with Crippen molar-refractivity contribution >= 4 is 11.3 Å². The van der Waals surface area contributed by atoms with E-state index in [0.717, 1.165) is 13.0 Å². The van der Waals surface area contributed by atoms with Crippen LogP contribution in [0.1, 0.15) is 40.0 Å². The summed E-state index contributed by atoms with van der Waals surface area (Å²) in [6, 6.07) is 0.437. The third-order valence-electron chi connectivity index (χ3n) is 3.54. The van der Waals surface area contributed by atoms with Crippen molar-refractivity contribution in [2.45, 2.75) is 38.8 Å². The summed E-state index contributed by atoms with van der Waals surface area (Å²) >= 11 is 1.77. The molecule has 0 saturated carbocycles. The first-order chi connectivity index (χ1) is 8.74. The Morgan fingerprint density at radius 2 is 2.39 bits per heavy atom.